The van der Waals surface area contributed by atoms with Crippen LogP contribution in [0, 0.1) is 12.7 Å². The molecule has 0 aliphatic carbocycles. The topological polar surface area (TPSA) is 62.7 Å². The number of halogens is 1. The third-order valence-electron chi connectivity index (χ3n) is 5.90. The zero-order valence-corrected chi connectivity index (χ0v) is 18.3. The van der Waals surface area contributed by atoms with Gasteiger partial charge < -0.3 is 14.5 Å². The lowest BCUT2D eigenvalue weighted by molar-refractivity contribution is -0.131. The SMILES string of the molecule is COc1cccc2c(C)cc(N3CCN(C(=O)CCC(=O)c4ccc(F)cc4)CC3)nc12. The number of ether oxygens (including phenoxy) is 1. The van der Waals surface area contributed by atoms with Crippen LogP contribution in [0.25, 0.3) is 10.9 Å². The number of aryl methyl sites for hydroxylation is 1. The number of fused-ring (bicyclic) bond motifs is 1. The van der Waals surface area contributed by atoms with Crippen LogP contribution in [0.3, 0.4) is 0 Å². The first-order valence-corrected chi connectivity index (χ1v) is 10.7. The number of rotatable bonds is 6. The van der Waals surface area contributed by atoms with Crippen LogP contribution in [0.4, 0.5) is 10.2 Å². The Kier molecular flexibility index (Phi) is 6.35. The van der Waals surface area contributed by atoms with Crippen molar-refractivity contribution in [3.8, 4) is 5.75 Å². The predicted molar refractivity (Wildman–Crippen MR) is 122 cm³/mol. The predicted octanol–water partition coefficient (Wildman–Crippen LogP) is 4.00. The quantitative estimate of drug-likeness (QED) is 0.548. The molecule has 0 N–H and O–H groups in total. The molecule has 1 amide bonds. The van der Waals surface area contributed by atoms with Crippen molar-refractivity contribution in [3.05, 3.63) is 65.5 Å². The molecule has 1 fully saturated rings. The highest BCUT2D eigenvalue weighted by atomic mass is 19.1. The molecule has 2 aromatic carbocycles. The summed E-state index contributed by atoms with van der Waals surface area (Å²) in [5, 5.41) is 1.06. The number of ketones is 1. The smallest absolute Gasteiger partial charge is 0.223 e. The summed E-state index contributed by atoms with van der Waals surface area (Å²) < 4.78 is 18.5. The molecule has 1 aliphatic heterocycles. The van der Waals surface area contributed by atoms with Gasteiger partial charge in [0.05, 0.1) is 7.11 Å². The molecule has 0 saturated carbocycles. The Hall–Kier alpha value is -3.48. The van der Waals surface area contributed by atoms with Crippen molar-refractivity contribution in [3.63, 3.8) is 0 Å². The average Bonchev–Trinajstić information content (AvgIpc) is 2.82. The number of amides is 1. The fourth-order valence-corrected chi connectivity index (χ4v) is 4.04. The van der Waals surface area contributed by atoms with Crippen LogP contribution in [-0.2, 0) is 4.79 Å². The van der Waals surface area contributed by atoms with Crippen molar-refractivity contribution in [2.75, 3.05) is 38.2 Å². The Balaban J connectivity index is 1.36. The molecule has 3 aromatic rings. The number of hydrogen-bond acceptors (Lipinski definition) is 5. The van der Waals surface area contributed by atoms with Gasteiger partial charge in [-0.1, -0.05) is 12.1 Å². The number of anilines is 1. The maximum atomic E-state index is 13.0. The van der Waals surface area contributed by atoms with Gasteiger partial charge in [-0.05, 0) is 48.9 Å². The lowest BCUT2D eigenvalue weighted by Gasteiger charge is -2.35. The van der Waals surface area contributed by atoms with E-state index in [2.05, 4.69) is 17.9 Å². The summed E-state index contributed by atoms with van der Waals surface area (Å²) in [5.41, 5.74) is 2.39. The van der Waals surface area contributed by atoms with E-state index in [1.54, 1.807) is 12.0 Å². The maximum Gasteiger partial charge on any atom is 0.223 e. The molecular weight excluding hydrogens is 409 g/mol. The third kappa shape index (κ3) is 4.56. The zero-order valence-electron chi connectivity index (χ0n) is 18.3. The number of piperazine rings is 1. The van der Waals surface area contributed by atoms with Gasteiger partial charge >= 0.3 is 0 Å². The number of pyridine rings is 1. The molecule has 7 heteroatoms. The van der Waals surface area contributed by atoms with E-state index in [1.165, 1.54) is 24.3 Å². The van der Waals surface area contributed by atoms with E-state index >= 15 is 0 Å². The summed E-state index contributed by atoms with van der Waals surface area (Å²) in [6.07, 6.45) is 0.274. The summed E-state index contributed by atoms with van der Waals surface area (Å²) >= 11 is 0. The lowest BCUT2D eigenvalue weighted by Crippen LogP contribution is -2.49. The number of carbonyl (C=O) groups excluding carboxylic acids is 2. The fourth-order valence-electron chi connectivity index (χ4n) is 4.04. The Labute approximate surface area is 186 Å². The van der Waals surface area contributed by atoms with Gasteiger partial charge in [-0.2, -0.15) is 0 Å². The molecular formula is C25H26FN3O3. The molecule has 166 valence electrons. The largest absolute Gasteiger partial charge is 0.494 e. The van der Waals surface area contributed by atoms with Crippen LogP contribution in [0.5, 0.6) is 5.75 Å². The van der Waals surface area contributed by atoms with Crippen LogP contribution in [0.15, 0.2) is 48.5 Å². The molecule has 32 heavy (non-hydrogen) atoms. The van der Waals surface area contributed by atoms with Gasteiger partial charge in [-0.3, -0.25) is 9.59 Å². The van der Waals surface area contributed by atoms with Crippen molar-refractivity contribution >= 4 is 28.4 Å². The van der Waals surface area contributed by atoms with Crippen molar-refractivity contribution in [1.29, 1.82) is 0 Å². The number of aromatic nitrogens is 1. The highest BCUT2D eigenvalue weighted by Crippen LogP contribution is 2.29. The second kappa shape index (κ2) is 9.34. The minimum Gasteiger partial charge on any atom is -0.494 e. The van der Waals surface area contributed by atoms with Crippen LogP contribution in [-0.4, -0.2) is 54.9 Å². The summed E-state index contributed by atoms with van der Waals surface area (Å²) in [6.45, 7) is 4.56. The van der Waals surface area contributed by atoms with Crippen LogP contribution >= 0.6 is 0 Å². The van der Waals surface area contributed by atoms with Crippen molar-refractivity contribution in [1.82, 2.24) is 9.88 Å². The van der Waals surface area contributed by atoms with Gasteiger partial charge in [-0.15, -0.1) is 0 Å². The van der Waals surface area contributed by atoms with E-state index in [-0.39, 0.29) is 30.3 Å². The molecule has 4 rings (SSSR count). The number of para-hydroxylation sites is 1. The van der Waals surface area contributed by atoms with Gasteiger partial charge in [0.2, 0.25) is 5.91 Å². The van der Waals surface area contributed by atoms with E-state index in [4.69, 9.17) is 9.72 Å². The van der Waals surface area contributed by atoms with Crippen LogP contribution in [0.2, 0.25) is 0 Å². The Bertz CT molecular complexity index is 1140. The lowest BCUT2D eigenvalue weighted by atomic mass is 10.1. The molecule has 0 bridgehead atoms. The Morgan fingerprint density at radius 2 is 1.75 bits per heavy atom. The van der Waals surface area contributed by atoms with Gasteiger partial charge in [0, 0.05) is 50.0 Å². The van der Waals surface area contributed by atoms with Crippen LogP contribution in [0.1, 0.15) is 28.8 Å². The summed E-state index contributed by atoms with van der Waals surface area (Å²) in [4.78, 5) is 33.7. The third-order valence-corrected chi connectivity index (χ3v) is 5.90. The monoisotopic (exact) mass is 435 g/mol. The maximum absolute atomic E-state index is 13.0. The molecule has 6 nitrogen and oxygen atoms in total. The van der Waals surface area contributed by atoms with Crippen molar-refractivity contribution in [2.24, 2.45) is 0 Å². The van der Waals surface area contributed by atoms with Gasteiger partial charge in [0.25, 0.3) is 0 Å². The fraction of sp³-hybridized carbons (Fsp3) is 0.320. The first-order chi connectivity index (χ1) is 15.5. The van der Waals surface area contributed by atoms with E-state index in [1.807, 2.05) is 18.2 Å². The van der Waals surface area contributed by atoms with E-state index in [0.29, 0.717) is 31.7 Å². The zero-order chi connectivity index (χ0) is 22.7. The first kappa shape index (κ1) is 21.7. The second-order valence-corrected chi connectivity index (χ2v) is 7.95. The summed E-state index contributed by atoms with van der Waals surface area (Å²) in [5.74, 6) is 1.04. The molecule has 0 radical (unpaired) electrons. The first-order valence-electron chi connectivity index (χ1n) is 10.7. The molecule has 1 aromatic heterocycles. The number of hydrogen-bond donors (Lipinski definition) is 0. The number of methoxy groups -OCH3 is 1. The molecule has 1 saturated heterocycles. The highest BCUT2D eigenvalue weighted by molar-refractivity contribution is 5.98. The minimum absolute atomic E-state index is 0.0376. The Morgan fingerprint density at radius 1 is 1.03 bits per heavy atom. The number of nitrogens with zero attached hydrogens (tertiary/aromatic N) is 3. The minimum atomic E-state index is -0.384. The normalized spacial score (nSPS) is 14.0. The molecule has 0 spiro atoms. The van der Waals surface area contributed by atoms with E-state index < -0.39 is 0 Å². The summed E-state index contributed by atoms with van der Waals surface area (Å²) in [6, 6.07) is 13.4. The molecule has 1 aliphatic rings. The van der Waals surface area contributed by atoms with E-state index in [0.717, 1.165) is 28.0 Å². The Morgan fingerprint density at radius 3 is 2.44 bits per heavy atom. The molecule has 0 unspecified atom stereocenters. The average molecular weight is 435 g/mol. The summed E-state index contributed by atoms with van der Waals surface area (Å²) in [7, 11) is 1.64. The van der Waals surface area contributed by atoms with Crippen molar-refractivity contribution < 1.29 is 18.7 Å². The van der Waals surface area contributed by atoms with E-state index in [9.17, 15) is 14.0 Å². The molecule has 2 heterocycles. The second-order valence-electron chi connectivity index (χ2n) is 7.95. The van der Waals surface area contributed by atoms with Gasteiger partial charge in [0.1, 0.15) is 22.9 Å². The molecule has 0 atom stereocenters. The highest BCUT2D eigenvalue weighted by Gasteiger charge is 2.23. The van der Waals surface area contributed by atoms with Gasteiger partial charge in [0.15, 0.2) is 5.78 Å². The number of benzene rings is 2. The van der Waals surface area contributed by atoms with Crippen LogP contribution < -0.4 is 9.64 Å². The standard InChI is InChI=1S/C25H26FN3O3/c1-17-16-23(27-25-20(17)4-3-5-22(25)32-2)28-12-14-29(15-13-28)24(31)11-10-21(30)18-6-8-19(26)9-7-18/h3-9,16H,10-15H2,1-2H3. The van der Waals surface area contributed by atoms with Crippen molar-refractivity contribution in [2.45, 2.75) is 19.8 Å². The van der Waals surface area contributed by atoms with Gasteiger partial charge in [-0.25, -0.2) is 9.37 Å². The number of Topliss-reactive ketones (excluding diaryl/α,β-unsaturated/α-hetero) is 1. The number of carbonyl (C=O) groups is 2.